The molecule has 0 radical (unpaired) electrons. The third-order valence-corrected chi connectivity index (χ3v) is 5.05. The zero-order valence-corrected chi connectivity index (χ0v) is 17.4. The van der Waals surface area contributed by atoms with Gasteiger partial charge in [0.1, 0.15) is 11.8 Å². The van der Waals surface area contributed by atoms with Crippen molar-refractivity contribution in [3.63, 3.8) is 0 Å². The number of fused-ring (bicyclic) bond motifs is 1. The summed E-state index contributed by atoms with van der Waals surface area (Å²) in [4.78, 5) is 21.9. The predicted molar refractivity (Wildman–Crippen MR) is 116 cm³/mol. The summed E-state index contributed by atoms with van der Waals surface area (Å²) in [6.45, 7) is 1.91. The van der Waals surface area contributed by atoms with Crippen LogP contribution < -0.4 is 15.4 Å². The zero-order chi connectivity index (χ0) is 21.8. The van der Waals surface area contributed by atoms with Gasteiger partial charge in [0.2, 0.25) is 5.95 Å². The normalized spacial score (nSPS) is 15.3. The van der Waals surface area contributed by atoms with Gasteiger partial charge in [-0.05, 0) is 43.2 Å². The van der Waals surface area contributed by atoms with Gasteiger partial charge in [-0.15, -0.1) is 0 Å². The van der Waals surface area contributed by atoms with Crippen LogP contribution in [0.25, 0.3) is 0 Å². The Hall–Kier alpha value is -3.72. The smallest absolute Gasteiger partial charge is 0.255 e. The summed E-state index contributed by atoms with van der Waals surface area (Å²) in [5.41, 5.74) is 2.70. The Morgan fingerprint density at radius 2 is 2.10 bits per heavy atom. The molecule has 9 nitrogen and oxygen atoms in total. The second-order valence-corrected chi connectivity index (χ2v) is 7.16. The largest absolute Gasteiger partial charge is 0.497 e. The van der Waals surface area contributed by atoms with Crippen LogP contribution >= 0.6 is 0 Å². The molecule has 1 atom stereocenters. The number of benzene rings is 1. The first-order valence-electron chi connectivity index (χ1n) is 10.00. The highest BCUT2D eigenvalue weighted by atomic mass is 16.5. The zero-order valence-electron chi connectivity index (χ0n) is 17.4. The molecular formula is C22H24N6O3. The van der Waals surface area contributed by atoms with Gasteiger partial charge in [-0.1, -0.05) is 12.1 Å². The van der Waals surface area contributed by atoms with E-state index in [0.29, 0.717) is 41.6 Å². The van der Waals surface area contributed by atoms with Crippen LogP contribution in [0.4, 0.5) is 11.6 Å². The fraction of sp³-hybridized carbons (Fsp3) is 0.273. The number of allylic oxidation sites excluding steroid dienone is 1. The molecule has 2 aromatic heterocycles. The van der Waals surface area contributed by atoms with Crippen LogP contribution in [0.15, 0.2) is 60.1 Å². The van der Waals surface area contributed by atoms with Gasteiger partial charge in [0.15, 0.2) is 5.82 Å². The number of aromatic nitrogens is 4. The molecule has 3 heterocycles. The lowest BCUT2D eigenvalue weighted by Crippen LogP contribution is -2.31. The summed E-state index contributed by atoms with van der Waals surface area (Å²) in [6, 6.07) is 10.6. The molecule has 0 saturated carbocycles. The van der Waals surface area contributed by atoms with E-state index in [-0.39, 0.29) is 12.5 Å². The van der Waals surface area contributed by atoms with Crippen LogP contribution in [0.2, 0.25) is 0 Å². The second kappa shape index (κ2) is 8.97. The first kappa shape index (κ1) is 20.5. The van der Waals surface area contributed by atoms with Gasteiger partial charge in [-0.2, -0.15) is 10.1 Å². The Bertz CT molecular complexity index is 1090. The molecule has 160 valence electrons. The van der Waals surface area contributed by atoms with Crippen LogP contribution in [0.3, 0.4) is 0 Å². The molecule has 3 aromatic rings. The number of nitrogens with one attached hydrogen (secondary N) is 2. The molecular weight excluding hydrogens is 396 g/mol. The van der Waals surface area contributed by atoms with Gasteiger partial charge in [-0.25, -0.2) is 4.68 Å². The van der Waals surface area contributed by atoms with E-state index in [4.69, 9.17) is 9.84 Å². The highest BCUT2D eigenvalue weighted by Crippen LogP contribution is 2.36. The van der Waals surface area contributed by atoms with Gasteiger partial charge in [0, 0.05) is 24.9 Å². The molecule has 0 unspecified atom stereocenters. The van der Waals surface area contributed by atoms with Crippen molar-refractivity contribution in [3.05, 3.63) is 71.4 Å². The Morgan fingerprint density at radius 3 is 2.77 bits per heavy atom. The van der Waals surface area contributed by atoms with Gasteiger partial charge in [0.25, 0.3) is 5.91 Å². The van der Waals surface area contributed by atoms with E-state index in [2.05, 4.69) is 25.7 Å². The number of anilines is 2. The predicted octanol–water partition coefficient (Wildman–Crippen LogP) is 2.53. The third-order valence-electron chi connectivity index (χ3n) is 5.05. The molecule has 0 bridgehead atoms. The average molecular weight is 420 g/mol. The molecule has 4 rings (SSSR count). The summed E-state index contributed by atoms with van der Waals surface area (Å²) >= 11 is 0. The number of aliphatic hydroxyl groups is 1. The fourth-order valence-electron chi connectivity index (χ4n) is 3.56. The van der Waals surface area contributed by atoms with E-state index in [0.717, 1.165) is 11.3 Å². The maximum atomic E-state index is 13.3. The number of carbonyl (C=O) groups excluding carboxylic acids is 1. The minimum atomic E-state index is -0.478. The molecule has 1 aliphatic heterocycles. The molecule has 0 aliphatic carbocycles. The SMILES string of the molecule is COc1ccc([C@@H]2C(C(=O)Nc3cccnc3)=C(C)Nc3nc(CCCO)nn32)cc1. The first-order chi connectivity index (χ1) is 15.1. The Morgan fingerprint density at radius 1 is 1.29 bits per heavy atom. The monoisotopic (exact) mass is 420 g/mol. The van der Waals surface area contributed by atoms with Crippen molar-refractivity contribution in [1.29, 1.82) is 0 Å². The van der Waals surface area contributed by atoms with Gasteiger partial charge in [0.05, 0.1) is 24.6 Å². The van der Waals surface area contributed by atoms with E-state index in [1.807, 2.05) is 31.2 Å². The highest BCUT2D eigenvalue weighted by Gasteiger charge is 2.34. The quantitative estimate of drug-likeness (QED) is 0.538. The lowest BCUT2D eigenvalue weighted by Gasteiger charge is -2.28. The standard InChI is InChI=1S/C22H24N6O3/c1-14-19(21(30)25-16-5-3-11-23-13-16)20(15-7-9-17(31-2)10-8-15)28-22(24-14)26-18(27-28)6-4-12-29/h3,5,7-11,13,20,29H,4,6,12H2,1-2H3,(H,25,30)(H,24,26,27)/t20-/m1/s1. The van der Waals surface area contributed by atoms with Crippen molar-refractivity contribution in [3.8, 4) is 5.75 Å². The van der Waals surface area contributed by atoms with Gasteiger partial charge < -0.3 is 20.5 Å². The Labute approximate surface area is 179 Å². The van der Waals surface area contributed by atoms with E-state index >= 15 is 0 Å². The minimum absolute atomic E-state index is 0.0647. The maximum absolute atomic E-state index is 13.3. The first-order valence-corrected chi connectivity index (χ1v) is 10.00. The number of nitrogens with zero attached hydrogens (tertiary/aromatic N) is 4. The number of methoxy groups -OCH3 is 1. The number of ether oxygens (including phenoxy) is 1. The van der Waals surface area contributed by atoms with Crippen molar-refractivity contribution in [1.82, 2.24) is 19.7 Å². The van der Waals surface area contributed by atoms with E-state index < -0.39 is 6.04 Å². The van der Waals surface area contributed by atoms with Gasteiger partial charge >= 0.3 is 0 Å². The number of aryl methyl sites for hydroxylation is 1. The van der Waals surface area contributed by atoms with Crippen molar-refractivity contribution >= 4 is 17.5 Å². The summed E-state index contributed by atoms with van der Waals surface area (Å²) in [6.07, 6.45) is 4.36. The fourth-order valence-corrected chi connectivity index (χ4v) is 3.56. The molecule has 0 spiro atoms. The van der Waals surface area contributed by atoms with Crippen molar-refractivity contribution in [2.45, 2.75) is 25.8 Å². The number of hydrogen-bond acceptors (Lipinski definition) is 7. The summed E-state index contributed by atoms with van der Waals surface area (Å²) in [5.74, 6) is 1.64. The average Bonchev–Trinajstić information content (AvgIpc) is 3.19. The van der Waals surface area contributed by atoms with E-state index in [1.165, 1.54) is 0 Å². The number of carbonyl (C=O) groups is 1. The molecule has 31 heavy (non-hydrogen) atoms. The van der Waals surface area contributed by atoms with Crippen LogP contribution in [0.1, 0.15) is 30.8 Å². The third kappa shape index (κ3) is 4.26. The molecule has 0 fully saturated rings. The number of hydrogen-bond donors (Lipinski definition) is 3. The lowest BCUT2D eigenvalue weighted by molar-refractivity contribution is -0.113. The molecule has 1 aromatic carbocycles. The van der Waals surface area contributed by atoms with Crippen molar-refractivity contribution in [2.75, 3.05) is 24.4 Å². The number of aliphatic hydroxyl groups excluding tert-OH is 1. The summed E-state index contributed by atoms with van der Waals surface area (Å²) in [7, 11) is 1.61. The number of pyridine rings is 1. The van der Waals surface area contributed by atoms with Crippen molar-refractivity contribution < 1.29 is 14.6 Å². The van der Waals surface area contributed by atoms with Crippen LogP contribution in [-0.2, 0) is 11.2 Å². The van der Waals surface area contributed by atoms with E-state index in [1.54, 1.807) is 36.3 Å². The van der Waals surface area contributed by atoms with Crippen LogP contribution in [0.5, 0.6) is 5.75 Å². The van der Waals surface area contributed by atoms with Crippen LogP contribution in [0, 0.1) is 0 Å². The lowest BCUT2D eigenvalue weighted by atomic mass is 9.95. The van der Waals surface area contributed by atoms with Crippen molar-refractivity contribution in [2.24, 2.45) is 0 Å². The second-order valence-electron chi connectivity index (χ2n) is 7.16. The molecule has 3 N–H and O–H groups in total. The minimum Gasteiger partial charge on any atom is -0.497 e. The summed E-state index contributed by atoms with van der Waals surface area (Å²) in [5, 5.41) is 19.9. The maximum Gasteiger partial charge on any atom is 0.255 e. The summed E-state index contributed by atoms with van der Waals surface area (Å²) < 4.78 is 7.00. The van der Waals surface area contributed by atoms with Gasteiger partial charge in [-0.3, -0.25) is 9.78 Å². The topological polar surface area (TPSA) is 114 Å². The highest BCUT2D eigenvalue weighted by molar-refractivity contribution is 6.05. The molecule has 9 heteroatoms. The number of amides is 1. The van der Waals surface area contributed by atoms with Crippen LogP contribution in [-0.4, -0.2) is 44.5 Å². The molecule has 0 saturated heterocycles. The molecule has 1 aliphatic rings. The Kier molecular flexibility index (Phi) is 5.94. The molecule has 1 amide bonds. The number of rotatable bonds is 7. The van der Waals surface area contributed by atoms with E-state index in [9.17, 15) is 4.79 Å². The Balaban J connectivity index is 1.75.